The zero-order chi connectivity index (χ0) is 24.2. The molecule has 2 aromatic heterocycles. The highest BCUT2D eigenvalue weighted by Gasteiger charge is 2.17. The van der Waals surface area contributed by atoms with Crippen LogP contribution in [0, 0.1) is 0 Å². The molecule has 0 saturated heterocycles. The molecular formula is C28H30N4O3. The average molecular weight is 471 g/mol. The van der Waals surface area contributed by atoms with E-state index < -0.39 is 0 Å². The van der Waals surface area contributed by atoms with E-state index in [2.05, 4.69) is 5.16 Å². The van der Waals surface area contributed by atoms with Crippen molar-refractivity contribution in [3.05, 3.63) is 82.1 Å². The fraction of sp³-hybridized carbons (Fsp3) is 0.357. The van der Waals surface area contributed by atoms with Crippen molar-refractivity contribution >= 4 is 16.8 Å². The van der Waals surface area contributed by atoms with Crippen molar-refractivity contribution in [2.24, 2.45) is 0 Å². The number of fused-ring (bicyclic) bond motifs is 2. The van der Waals surface area contributed by atoms with Crippen molar-refractivity contribution in [2.75, 3.05) is 13.6 Å². The van der Waals surface area contributed by atoms with Gasteiger partial charge in [0.05, 0.1) is 10.9 Å². The highest BCUT2D eigenvalue weighted by Crippen LogP contribution is 2.20. The molecule has 0 bridgehead atoms. The summed E-state index contributed by atoms with van der Waals surface area (Å²) in [5.41, 5.74) is 3.00. The van der Waals surface area contributed by atoms with E-state index in [0.717, 1.165) is 61.5 Å². The van der Waals surface area contributed by atoms with Gasteiger partial charge in [-0.2, -0.15) is 0 Å². The molecule has 1 aliphatic rings. The third-order valence-electron chi connectivity index (χ3n) is 6.71. The van der Waals surface area contributed by atoms with E-state index in [-0.39, 0.29) is 11.5 Å². The van der Waals surface area contributed by atoms with Gasteiger partial charge in [0, 0.05) is 50.2 Å². The normalized spacial score (nSPS) is 13.7. The second-order valence-electron chi connectivity index (χ2n) is 9.26. The van der Waals surface area contributed by atoms with E-state index in [0.29, 0.717) is 29.4 Å². The maximum atomic E-state index is 13.1. The third-order valence-corrected chi connectivity index (χ3v) is 6.71. The molecule has 0 unspecified atom stereocenters. The first-order chi connectivity index (χ1) is 17.1. The van der Waals surface area contributed by atoms with Gasteiger partial charge in [0.2, 0.25) is 0 Å². The summed E-state index contributed by atoms with van der Waals surface area (Å²) in [6.45, 7) is 1.30. The fourth-order valence-electron chi connectivity index (χ4n) is 4.72. The second kappa shape index (κ2) is 10.3. The predicted octanol–water partition coefficient (Wildman–Crippen LogP) is 4.87. The van der Waals surface area contributed by atoms with Crippen LogP contribution in [0.1, 0.15) is 54.0 Å². The standard InChI is InChI=1S/C28H30N4O3/c1-31(16-9-12-22-19-24(30-35-22)20-10-5-4-6-11-20)27(33)21-14-15-23-25(18-21)29-26-13-7-2-3-8-17-32(26)28(23)34/h4-6,10-11,14-15,18-19H,2-3,7-9,12-13,16-17H2,1H3. The lowest BCUT2D eigenvalue weighted by atomic mass is 10.1. The Kier molecular flexibility index (Phi) is 6.75. The summed E-state index contributed by atoms with van der Waals surface area (Å²) < 4.78 is 7.30. The Morgan fingerprint density at radius 3 is 2.74 bits per heavy atom. The van der Waals surface area contributed by atoms with Crippen molar-refractivity contribution in [1.29, 1.82) is 0 Å². The van der Waals surface area contributed by atoms with E-state index in [1.165, 1.54) is 6.42 Å². The van der Waals surface area contributed by atoms with Crippen molar-refractivity contribution in [3.8, 4) is 11.3 Å². The third kappa shape index (κ3) is 5.04. The minimum Gasteiger partial charge on any atom is -0.361 e. The van der Waals surface area contributed by atoms with Gasteiger partial charge < -0.3 is 9.42 Å². The molecule has 1 amide bonds. The largest absolute Gasteiger partial charge is 0.361 e. The number of aromatic nitrogens is 3. The monoisotopic (exact) mass is 470 g/mol. The molecule has 0 N–H and O–H groups in total. The van der Waals surface area contributed by atoms with Crippen molar-refractivity contribution in [3.63, 3.8) is 0 Å². The molecule has 35 heavy (non-hydrogen) atoms. The van der Waals surface area contributed by atoms with Gasteiger partial charge in [0.25, 0.3) is 11.5 Å². The summed E-state index contributed by atoms with van der Waals surface area (Å²) in [4.78, 5) is 32.6. The summed E-state index contributed by atoms with van der Waals surface area (Å²) in [7, 11) is 1.80. The van der Waals surface area contributed by atoms with Gasteiger partial charge >= 0.3 is 0 Å². The summed E-state index contributed by atoms with van der Waals surface area (Å²) >= 11 is 0. The minimum absolute atomic E-state index is 0.00110. The number of carbonyl (C=O) groups excluding carboxylic acids is 1. The van der Waals surface area contributed by atoms with Gasteiger partial charge in [-0.15, -0.1) is 0 Å². The molecule has 0 saturated carbocycles. The lowest BCUT2D eigenvalue weighted by Crippen LogP contribution is -2.29. The van der Waals surface area contributed by atoms with Crippen LogP contribution in [0.3, 0.4) is 0 Å². The summed E-state index contributed by atoms with van der Waals surface area (Å²) in [5, 5.41) is 4.73. The molecule has 5 rings (SSSR count). The summed E-state index contributed by atoms with van der Waals surface area (Å²) in [6.07, 6.45) is 6.61. The Labute approximate surface area is 204 Å². The van der Waals surface area contributed by atoms with Crippen LogP contribution in [-0.2, 0) is 19.4 Å². The van der Waals surface area contributed by atoms with E-state index >= 15 is 0 Å². The van der Waals surface area contributed by atoms with Crippen LogP contribution in [0.15, 0.2) is 63.9 Å². The van der Waals surface area contributed by atoms with Crippen molar-refractivity contribution in [1.82, 2.24) is 19.6 Å². The molecule has 0 fully saturated rings. The quantitative estimate of drug-likeness (QED) is 0.401. The van der Waals surface area contributed by atoms with E-state index in [1.54, 1.807) is 30.1 Å². The van der Waals surface area contributed by atoms with Crippen LogP contribution >= 0.6 is 0 Å². The molecule has 7 nitrogen and oxygen atoms in total. The van der Waals surface area contributed by atoms with Crippen LogP contribution in [0.25, 0.3) is 22.2 Å². The molecule has 4 aromatic rings. The zero-order valence-corrected chi connectivity index (χ0v) is 20.1. The fourth-order valence-corrected chi connectivity index (χ4v) is 4.72. The number of hydrogen-bond donors (Lipinski definition) is 0. The molecule has 1 aliphatic heterocycles. The Balaban J connectivity index is 1.25. The number of hydrogen-bond acceptors (Lipinski definition) is 5. The molecule has 0 radical (unpaired) electrons. The Bertz CT molecular complexity index is 1390. The first kappa shape index (κ1) is 23.0. The van der Waals surface area contributed by atoms with Crippen LogP contribution < -0.4 is 5.56 Å². The van der Waals surface area contributed by atoms with Crippen LogP contribution in [-0.4, -0.2) is 39.1 Å². The van der Waals surface area contributed by atoms with Gasteiger partial charge in [0.1, 0.15) is 17.3 Å². The number of nitrogens with zero attached hydrogens (tertiary/aromatic N) is 4. The summed E-state index contributed by atoms with van der Waals surface area (Å²) in [6, 6.07) is 17.1. The number of amides is 1. The van der Waals surface area contributed by atoms with Gasteiger partial charge in [0.15, 0.2) is 0 Å². The molecule has 0 aliphatic carbocycles. The zero-order valence-electron chi connectivity index (χ0n) is 20.1. The summed E-state index contributed by atoms with van der Waals surface area (Å²) in [5.74, 6) is 1.56. The van der Waals surface area contributed by atoms with Crippen LogP contribution in [0.5, 0.6) is 0 Å². The number of aryl methyl sites for hydroxylation is 2. The Morgan fingerprint density at radius 1 is 1.06 bits per heavy atom. The van der Waals surface area contributed by atoms with Crippen LogP contribution in [0.2, 0.25) is 0 Å². The van der Waals surface area contributed by atoms with E-state index in [9.17, 15) is 9.59 Å². The predicted molar refractivity (Wildman–Crippen MR) is 135 cm³/mol. The molecule has 3 heterocycles. The maximum Gasteiger partial charge on any atom is 0.261 e. The van der Waals surface area contributed by atoms with Gasteiger partial charge in [-0.05, 0) is 37.5 Å². The highest BCUT2D eigenvalue weighted by atomic mass is 16.5. The molecule has 0 spiro atoms. The molecule has 180 valence electrons. The second-order valence-corrected chi connectivity index (χ2v) is 9.26. The lowest BCUT2D eigenvalue weighted by Gasteiger charge is -2.18. The van der Waals surface area contributed by atoms with Gasteiger partial charge in [-0.3, -0.25) is 14.2 Å². The van der Waals surface area contributed by atoms with Crippen LogP contribution in [0.4, 0.5) is 0 Å². The highest BCUT2D eigenvalue weighted by molar-refractivity contribution is 5.97. The first-order valence-corrected chi connectivity index (χ1v) is 12.4. The Hall–Kier alpha value is -3.74. The Morgan fingerprint density at radius 2 is 1.89 bits per heavy atom. The molecule has 0 atom stereocenters. The van der Waals surface area contributed by atoms with Crippen molar-refractivity contribution < 1.29 is 9.32 Å². The van der Waals surface area contributed by atoms with E-state index in [4.69, 9.17) is 9.51 Å². The number of benzene rings is 2. The molecular weight excluding hydrogens is 440 g/mol. The molecule has 7 heteroatoms. The van der Waals surface area contributed by atoms with E-state index in [1.807, 2.05) is 41.0 Å². The van der Waals surface area contributed by atoms with Crippen molar-refractivity contribution in [2.45, 2.75) is 51.5 Å². The van der Waals surface area contributed by atoms with Gasteiger partial charge in [-0.25, -0.2) is 4.98 Å². The molecule has 2 aromatic carbocycles. The SMILES string of the molecule is CN(CCCc1cc(-c2ccccc2)no1)C(=O)c1ccc2c(=O)n3c(nc2c1)CCCCCC3. The minimum atomic E-state index is -0.0805. The lowest BCUT2D eigenvalue weighted by molar-refractivity contribution is 0.0793. The average Bonchev–Trinajstić information content (AvgIpc) is 3.34. The number of rotatable bonds is 6. The number of carbonyl (C=O) groups is 1. The topological polar surface area (TPSA) is 81.2 Å². The van der Waals surface area contributed by atoms with Gasteiger partial charge in [-0.1, -0.05) is 48.3 Å². The smallest absolute Gasteiger partial charge is 0.261 e. The maximum absolute atomic E-state index is 13.1. The first-order valence-electron chi connectivity index (χ1n) is 12.4.